The van der Waals surface area contributed by atoms with Gasteiger partial charge < -0.3 is 9.84 Å². The van der Waals surface area contributed by atoms with Crippen LogP contribution in [0.25, 0.3) is 0 Å². The molecule has 1 N–H and O–H groups in total. The van der Waals surface area contributed by atoms with Crippen molar-refractivity contribution in [3.05, 3.63) is 63.1 Å². The van der Waals surface area contributed by atoms with E-state index >= 15 is 0 Å². The van der Waals surface area contributed by atoms with Crippen molar-refractivity contribution in [3.8, 4) is 5.75 Å². The summed E-state index contributed by atoms with van der Waals surface area (Å²) in [5.74, 6) is 0.617. The monoisotopic (exact) mass is 326 g/mol. The Morgan fingerprint density at radius 2 is 2.00 bits per heavy atom. The van der Waals surface area contributed by atoms with E-state index in [-0.39, 0.29) is 0 Å². The first kappa shape index (κ1) is 13.4. The SMILES string of the molecule is COc1ccc(Cl)cc1[C@H](O)c1cccc(Br)c1. The summed E-state index contributed by atoms with van der Waals surface area (Å²) in [7, 11) is 1.57. The van der Waals surface area contributed by atoms with E-state index in [2.05, 4.69) is 15.9 Å². The zero-order valence-electron chi connectivity index (χ0n) is 9.73. The predicted molar refractivity (Wildman–Crippen MR) is 76.2 cm³/mol. The van der Waals surface area contributed by atoms with Gasteiger partial charge in [-0.3, -0.25) is 0 Å². The maximum absolute atomic E-state index is 10.4. The highest BCUT2D eigenvalue weighted by Crippen LogP contribution is 2.32. The van der Waals surface area contributed by atoms with Crippen molar-refractivity contribution in [2.75, 3.05) is 7.11 Å². The van der Waals surface area contributed by atoms with Gasteiger partial charge in [-0.05, 0) is 35.9 Å². The maximum atomic E-state index is 10.4. The summed E-state index contributed by atoms with van der Waals surface area (Å²) in [6.07, 6.45) is -0.767. The van der Waals surface area contributed by atoms with Crippen molar-refractivity contribution in [1.29, 1.82) is 0 Å². The molecular weight excluding hydrogens is 316 g/mol. The Bertz CT molecular complexity index is 557. The van der Waals surface area contributed by atoms with Crippen LogP contribution in [0.15, 0.2) is 46.9 Å². The highest BCUT2D eigenvalue weighted by atomic mass is 79.9. The zero-order valence-corrected chi connectivity index (χ0v) is 12.1. The zero-order chi connectivity index (χ0) is 13.1. The molecule has 2 aromatic carbocycles. The lowest BCUT2D eigenvalue weighted by atomic mass is 10.0. The third kappa shape index (κ3) is 2.86. The minimum atomic E-state index is -0.767. The minimum absolute atomic E-state index is 0.569. The second-order valence-electron chi connectivity index (χ2n) is 3.84. The number of hydrogen-bond donors (Lipinski definition) is 1. The molecule has 0 amide bonds. The Morgan fingerprint density at radius 3 is 2.67 bits per heavy atom. The molecule has 4 heteroatoms. The largest absolute Gasteiger partial charge is 0.496 e. The number of ether oxygens (including phenoxy) is 1. The van der Waals surface area contributed by atoms with Crippen molar-refractivity contribution in [2.24, 2.45) is 0 Å². The van der Waals surface area contributed by atoms with Crippen molar-refractivity contribution in [3.63, 3.8) is 0 Å². The molecule has 1 atom stereocenters. The highest BCUT2D eigenvalue weighted by Gasteiger charge is 2.16. The van der Waals surface area contributed by atoms with Crippen molar-refractivity contribution >= 4 is 27.5 Å². The van der Waals surface area contributed by atoms with E-state index in [1.54, 1.807) is 25.3 Å². The molecule has 2 aromatic rings. The fourth-order valence-electron chi connectivity index (χ4n) is 1.78. The number of benzene rings is 2. The molecule has 0 heterocycles. The number of aliphatic hydroxyl groups excluding tert-OH is 1. The molecule has 0 fully saturated rings. The maximum Gasteiger partial charge on any atom is 0.125 e. The summed E-state index contributed by atoms with van der Waals surface area (Å²) >= 11 is 9.35. The summed E-state index contributed by atoms with van der Waals surface area (Å²) in [4.78, 5) is 0. The molecule has 2 nitrogen and oxygen atoms in total. The second kappa shape index (κ2) is 5.74. The van der Waals surface area contributed by atoms with Gasteiger partial charge in [-0.2, -0.15) is 0 Å². The average molecular weight is 328 g/mol. The molecule has 0 spiro atoms. The lowest BCUT2D eigenvalue weighted by Crippen LogP contribution is -2.02. The standard InChI is InChI=1S/C14H12BrClO2/c1-18-13-6-5-11(16)8-12(13)14(17)9-3-2-4-10(15)7-9/h2-8,14,17H,1H3/t14-/m1/s1. The molecule has 0 aromatic heterocycles. The minimum Gasteiger partial charge on any atom is -0.496 e. The van der Waals surface area contributed by atoms with Gasteiger partial charge in [0.15, 0.2) is 0 Å². The first-order chi connectivity index (χ1) is 8.61. The van der Waals surface area contributed by atoms with Gasteiger partial charge in [-0.25, -0.2) is 0 Å². The van der Waals surface area contributed by atoms with Gasteiger partial charge in [-0.1, -0.05) is 39.7 Å². The molecule has 0 bridgehead atoms. The lowest BCUT2D eigenvalue weighted by molar-refractivity contribution is 0.214. The smallest absolute Gasteiger partial charge is 0.125 e. The number of rotatable bonds is 3. The molecule has 2 rings (SSSR count). The van der Waals surface area contributed by atoms with E-state index in [1.165, 1.54) is 0 Å². The number of methoxy groups -OCH3 is 1. The van der Waals surface area contributed by atoms with E-state index < -0.39 is 6.10 Å². The van der Waals surface area contributed by atoms with E-state index in [1.807, 2.05) is 24.3 Å². The summed E-state index contributed by atoms with van der Waals surface area (Å²) in [6, 6.07) is 12.7. The molecule has 94 valence electrons. The molecular formula is C14H12BrClO2. The van der Waals surface area contributed by atoms with Gasteiger partial charge in [0, 0.05) is 15.1 Å². The van der Waals surface area contributed by atoms with Crippen molar-refractivity contribution in [1.82, 2.24) is 0 Å². The fourth-order valence-corrected chi connectivity index (χ4v) is 2.37. The molecule has 0 saturated heterocycles. The average Bonchev–Trinajstić information content (AvgIpc) is 2.38. The van der Waals surface area contributed by atoms with Crippen molar-refractivity contribution in [2.45, 2.75) is 6.10 Å². The predicted octanol–water partition coefficient (Wildman–Crippen LogP) is 4.19. The summed E-state index contributed by atoms with van der Waals surface area (Å²) < 4.78 is 6.16. The molecule has 0 aliphatic carbocycles. The number of aliphatic hydroxyl groups is 1. The first-order valence-corrected chi connectivity index (χ1v) is 6.56. The molecule has 0 unspecified atom stereocenters. The van der Waals surface area contributed by atoms with E-state index in [9.17, 15) is 5.11 Å². The fraction of sp³-hybridized carbons (Fsp3) is 0.143. The normalized spacial score (nSPS) is 12.2. The summed E-state index contributed by atoms with van der Waals surface area (Å²) in [5.41, 5.74) is 1.44. The molecule has 0 aliphatic rings. The van der Waals surface area contributed by atoms with Crippen LogP contribution in [0.1, 0.15) is 17.2 Å². The van der Waals surface area contributed by atoms with Crippen LogP contribution < -0.4 is 4.74 Å². The number of hydrogen-bond acceptors (Lipinski definition) is 2. The topological polar surface area (TPSA) is 29.5 Å². The molecule has 18 heavy (non-hydrogen) atoms. The summed E-state index contributed by atoms with van der Waals surface area (Å²) in [6.45, 7) is 0. The van der Waals surface area contributed by atoms with Crippen LogP contribution >= 0.6 is 27.5 Å². The van der Waals surface area contributed by atoms with Crippen LogP contribution in [0.4, 0.5) is 0 Å². The first-order valence-electron chi connectivity index (χ1n) is 5.39. The number of halogens is 2. The van der Waals surface area contributed by atoms with E-state index in [0.29, 0.717) is 16.3 Å². The molecule has 0 aliphatic heterocycles. The Kier molecular flexibility index (Phi) is 4.27. The van der Waals surface area contributed by atoms with Gasteiger partial charge in [0.1, 0.15) is 11.9 Å². The van der Waals surface area contributed by atoms with Gasteiger partial charge in [0.05, 0.1) is 7.11 Å². The van der Waals surface area contributed by atoms with Crippen molar-refractivity contribution < 1.29 is 9.84 Å². The summed E-state index contributed by atoms with van der Waals surface area (Å²) in [5, 5.41) is 11.0. The molecule has 0 radical (unpaired) electrons. The Morgan fingerprint density at radius 1 is 1.22 bits per heavy atom. The van der Waals surface area contributed by atoms with Crippen LogP contribution in [-0.2, 0) is 0 Å². The lowest BCUT2D eigenvalue weighted by Gasteiger charge is -2.15. The van der Waals surface area contributed by atoms with Gasteiger partial charge in [0.2, 0.25) is 0 Å². The third-order valence-corrected chi connectivity index (χ3v) is 3.38. The quantitative estimate of drug-likeness (QED) is 0.916. The van der Waals surface area contributed by atoms with Crippen LogP contribution in [0.5, 0.6) is 5.75 Å². The third-order valence-electron chi connectivity index (χ3n) is 2.65. The van der Waals surface area contributed by atoms with E-state index in [0.717, 1.165) is 10.0 Å². The highest BCUT2D eigenvalue weighted by molar-refractivity contribution is 9.10. The van der Waals surface area contributed by atoms with Crippen LogP contribution in [0.2, 0.25) is 5.02 Å². The Hall–Kier alpha value is -1.03. The molecule has 0 saturated carbocycles. The van der Waals surface area contributed by atoms with E-state index in [4.69, 9.17) is 16.3 Å². The Labute approximate surface area is 119 Å². The van der Waals surface area contributed by atoms with Crippen LogP contribution in [0.3, 0.4) is 0 Å². The second-order valence-corrected chi connectivity index (χ2v) is 5.20. The van der Waals surface area contributed by atoms with Gasteiger partial charge in [0.25, 0.3) is 0 Å². The van der Waals surface area contributed by atoms with Crippen LogP contribution in [-0.4, -0.2) is 12.2 Å². The van der Waals surface area contributed by atoms with Crippen LogP contribution in [0, 0.1) is 0 Å². The van der Waals surface area contributed by atoms with Gasteiger partial charge in [-0.15, -0.1) is 0 Å². The van der Waals surface area contributed by atoms with Gasteiger partial charge >= 0.3 is 0 Å². The Balaban J connectivity index is 2.44.